The number of ether oxygens (including phenoxy) is 1. The number of benzene rings is 1. The summed E-state index contributed by atoms with van der Waals surface area (Å²) in [5.41, 5.74) is 1.97. The lowest BCUT2D eigenvalue weighted by Gasteiger charge is -2.19. The Morgan fingerprint density at radius 3 is 2.84 bits per heavy atom. The Kier molecular flexibility index (Phi) is 4.94. The van der Waals surface area contributed by atoms with Gasteiger partial charge >= 0.3 is 0 Å². The number of aromatic amines is 1. The lowest BCUT2D eigenvalue weighted by Crippen LogP contribution is -2.24. The van der Waals surface area contributed by atoms with Crippen molar-refractivity contribution in [3.8, 4) is 21.8 Å². The van der Waals surface area contributed by atoms with Crippen LogP contribution in [-0.2, 0) is 4.74 Å². The van der Waals surface area contributed by atoms with Crippen molar-refractivity contribution < 1.29 is 4.74 Å². The van der Waals surface area contributed by atoms with Gasteiger partial charge in [-0.1, -0.05) is 29.3 Å². The number of thiophene rings is 1. The topological polar surface area (TPSA) is 54.0 Å². The van der Waals surface area contributed by atoms with Gasteiger partial charge in [0.25, 0.3) is 0 Å². The molecule has 8 heteroatoms. The smallest absolute Gasteiger partial charge is 0.166 e. The Morgan fingerprint density at radius 2 is 2.04 bits per heavy atom. The van der Waals surface area contributed by atoms with Crippen LogP contribution in [0.1, 0.15) is 6.42 Å². The summed E-state index contributed by atoms with van der Waals surface area (Å²) in [4.78, 5) is 7.70. The predicted molar refractivity (Wildman–Crippen MR) is 103 cm³/mol. The fraction of sp³-hybridized carbons (Fsp3) is 0.294. The molecule has 1 fully saturated rings. The van der Waals surface area contributed by atoms with Crippen LogP contribution in [0.3, 0.4) is 0 Å². The zero-order valence-corrected chi connectivity index (χ0v) is 15.7. The summed E-state index contributed by atoms with van der Waals surface area (Å²) in [6.07, 6.45) is 2.54. The van der Waals surface area contributed by atoms with E-state index in [2.05, 4.69) is 26.1 Å². The van der Waals surface area contributed by atoms with Gasteiger partial charge in [-0.2, -0.15) is 5.10 Å². The second-order valence-corrected chi connectivity index (χ2v) is 7.61. The van der Waals surface area contributed by atoms with E-state index in [1.807, 2.05) is 12.1 Å². The van der Waals surface area contributed by atoms with Crippen LogP contribution in [0, 0.1) is 0 Å². The number of H-pyrrole nitrogens is 1. The van der Waals surface area contributed by atoms with Gasteiger partial charge in [-0.25, -0.2) is 4.98 Å². The fourth-order valence-electron chi connectivity index (χ4n) is 2.90. The average molecular weight is 395 g/mol. The maximum atomic E-state index is 6.46. The Hall–Kier alpha value is -1.60. The van der Waals surface area contributed by atoms with Crippen LogP contribution in [-0.4, -0.2) is 41.5 Å². The number of halogens is 2. The third-order valence-electron chi connectivity index (χ3n) is 4.10. The number of hydrogen-bond acceptors (Lipinski definition) is 5. The number of rotatable bonds is 3. The summed E-state index contributed by atoms with van der Waals surface area (Å²) in [6, 6.07) is 7.73. The molecule has 1 saturated heterocycles. The molecule has 0 bridgehead atoms. The van der Waals surface area contributed by atoms with Gasteiger partial charge in [0.1, 0.15) is 6.33 Å². The van der Waals surface area contributed by atoms with Crippen molar-refractivity contribution in [3.05, 3.63) is 40.6 Å². The molecule has 1 aliphatic heterocycles. The van der Waals surface area contributed by atoms with Crippen molar-refractivity contribution in [2.24, 2.45) is 0 Å². The van der Waals surface area contributed by atoms with Gasteiger partial charge in [-0.3, -0.25) is 5.10 Å². The van der Waals surface area contributed by atoms with Crippen molar-refractivity contribution in [2.45, 2.75) is 6.42 Å². The predicted octanol–water partition coefficient (Wildman–Crippen LogP) is 4.73. The van der Waals surface area contributed by atoms with Crippen molar-refractivity contribution in [3.63, 3.8) is 0 Å². The maximum Gasteiger partial charge on any atom is 0.166 e. The molecule has 0 amide bonds. The van der Waals surface area contributed by atoms with Crippen molar-refractivity contribution in [1.29, 1.82) is 0 Å². The zero-order chi connectivity index (χ0) is 17.2. The highest BCUT2D eigenvalue weighted by atomic mass is 35.5. The standard InChI is InChI=1S/C17H16Cl2N4OS/c18-11-2-3-12(14(19)8-11)13-9-15(23-4-1-6-24-7-5-23)25-16(13)17-20-10-21-22-17/h2-3,8-10H,1,4-7H2,(H,20,21,22). The highest BCUT2D eigenvalue weighted by Crippen LogP contribution is 2.44. The summed E-state index contributed by atoms with van der Waals surface area (Å²) < 4.78 is 5.57. The van der Waals surface area contributed by atoms with Crippen LogP contribution in [0.2, 0.25) is 10.0 Å². The van der Waals surface area contributed by atoms with Gasteiger partial charge in [0, 0.05) is 40.9 Å². The molecule has 0 atom stereocenters. The number of nitrogens with zero attached hydrogens (tertiary/aromatic N) is 3. The Morgan fingerprint density at radius 1 is 1.12 bits per heavy atom. The first-order valence-corrected chi connectivity index (χ1v) is 9.57. The molecule has 0 aliphatic carbocycles. The molecule has 2 aromatic heterocycles. The maximum absolute atomic E-state index is 6.46. The number of nitrogens with one attached hydrogen (secondary N) is 1. The molecule has 0 unspecified atom stereocenters. The van der Waals surface area contributed by atoms with Gasteiger partial charge in [0.15, 0.2) is 5.82 Å². The van der Waals surface area contributed by atoms with E-state index in [1.165, 1.54) is 11.3 Å². The molecular formula is C17H16Cl2N4OS. The van der Waals surface area contributed by atoms with E-state index in [-0.39, 0.29) is 0 Å². The number of aromatic nitrogens is 3. The van der Waals surface area contributed by atoms with E-state index in [0.29, 0.717) is 10.0 Å². The van der Waals surface area contributed by atoms with Gasteiger partial charge < -0.3 is 9.64 Å². The molecule has 5 nitrogen and oxygen atoms in total. The Labute approximate surface area is 159 Å². The SMILES string of the molecule is Clc1ccc(-c2cc(N3CCCOCC3)sc2-c2ncn[nH]2)c(Cl)c1. The monoisotopic (exact) mass is 394 g/mol. The molecule has 1 aromatic carbocycles. The molecule has 1 N–H and O–H groups in total. The molecular weight excluding hydrogens is 379 g/mol. The summed E-state index contributed by atoms with van der Waals surface area (Å²) in [6.45, 7) is 3.41. The van der Waals surface area contributed by atoms with Crippen LogP contribution in [0.4, 0.5) is 5.00 Å². The Balaban J connectivity index is 1.81. The van der Waals surface area contributed by atoms with Crippen molar-refractivity contribution in [1.82, 2.24) is 15.2 Å². The van der Waals surface area contributed by atoms with Crippen LogP contribution < -0.4 is 4.90 Å². The zero-order valence-electron chi connectivity index (χ0n) is 13.3. The fourth-order valence-corrected chi connectivity index (χ4v) is 4.58. The van der Waals surface area contributed by atoms with Gasteiger partial charge in [-0.05, 0) is 24.6 Å². The summed E-state index contributed by atoms with van der Waals surface area (Å²) >= 11 is 14.2. The van der Waals surface area contributed by atoms with Gasteiger partial charge in [0.2, 0.25) is 0 Å². The van der Waals surface area contributed by atoms with Crippen LogP contribution in [0.5, 0.6) is 0 Å². The van der Waals surface area contributed by atoms with Crippen LogP contribution in [0.15, 0.2) is 30.6 Å². The first kappa shape index (κ1) is 16.8. The van der Waals surface area contributed by atoms with Crippen molar-refractivity contribution in [2.75, 3.05) is 31.2 Å². The molecule has 4 rings (SSSR count). The quantitative estimate of drug-likeness (QED) is 0.697. The summed E-state index contributed by atoms with van der Waals surface area (Å²) in [7, 11) is 0. The number of anilines is 1. The molecule has 25 heavy (non-hydrogen) atoms. The minimum atomic E-state index is 0.620. The lowest BCUT2D eigenvalue weighted by atomic mass is 10.1. The molecule has 0 saturated carbocycles. The lowest BCUT2D eigenvalue weighted by molar-refractivity contribution is 0.152. The summed E-state index contributed by atoms with van der Waals surface area (Å²) in [5.74, 6) is 0.739. The molecule has 3 aromatic rings. The Bertz CT molecular complexity index is 858. The second kappa shape index (κ2) is 7.33. The van der Waals surface area contributed by atoms with E-state index in [4.69, 9.17) is 27.9 Å². The first-order valence-electron chi connectivity index (χ1n) is 8.00. The van der Waals surface area contributed by atoms with Crippen LogP contribution in [0.25, 0.3) is 21.8 Å². The third-order valence-corrected chi connectivity index (χ3v) is 5.85. The van der Waals surface area contributed by atoms with E-state index >= 15 is 0 Å². The average Bonchev–Trinajstić information content (AvgIpc) is 3.19. The molecule has 0 spiro atoms. The van der Waals surface area contributed by atoms with Gasteiger partial charge in [-0.15, -0.1) is 11.3 Å². The molecule has 0 radical (unpaired) electrons. The number of hydrogen-bond donors (Lipinski definition) is 1. The molecule has 1 aliphatic rings. The normalized spacial score (nSPS) is 15.4. The molecule has 130 valence electrons. The highest BCUT2D eigenvalue weighted by molar-refractivity contribution is 7.20. The van der Waals surface area contributed by atoms with Gasteiger partial charge in [0.05, 0.1) is 16.5 Å². The molecule has 3 heterocycles. The second-order valence-electron chi connectivity index (χ2n) is 5.74. The van der Waals surface area contributed by atoms with Crippen LogP contribution >= 0.6 is 34.5 Å². The summed E-state index contributed by atoms with van der Waals surface area (Å²) in [5, 5.41) is 9.37. The third kappa shape index (κ3) is 3.53. The first-order chi connectivity index (χ1) is 12.2. The largest absolute Gasteiger partial charge is 0.380 e. The van der Waals surface area contributed by atoms with Crippen molar-refractivity contribution >= 4 is 39.5 Å². The van der Waals surface area contributed by atoms with E-state index < -0.39 is 0 Å². The highest BCUT2D eigenvalue weighted by Gasteiger charge is 2.21. The van der Waals surface area contributed by atoms with E-state index in [9.17, 15) is 0 Å². The van der Waals surface area contributed by atoms with E-state index in [1.54, 1.807) is 17.4 Å². The minimum absolute atomic E-state index is 0.620. The minimum Gasteiger partial charge on any atom is -0.380 e. The van der Waals surface area contributed by atoms with E-state index in [0.717, 1.165) is 54.6 Å².